The summed E-state index contributed by atoms with van der Waals surface area (Å²) >= 11 is 0. The number of hydrazine groups is 1. The maximum absolute atomic E-state index is 12.4. The number of carbonyl (C=O) groups excluding carboxylic acids is 1. The summed E-state index contributed by atoms with van der Waals surface area (Å²) in [6.45, 7) is 2.04. The van der Waals surface area contributed by atoms with Crippen molar-refractivity contribution < 1.29 is 14.3 Å². The van der Waals surface area contributed by atoms with Gasteiger partial charge in [-0.3, -0.25) is 15.6 Å². The molecule has 6 nitrogen and oxygen atoms in total. The van der Waals surface area contributed by atoms with Gasteiger partial charge in [0.2, 0.25) is 6.10 Å². The van der Waals surface area contributed by atoms with Crippen molar-refractivity contribution in [1.29, 1.82) is 0 Å². The van der Waals surface area contributed by atoms with Crippen LogP contribution in [0, 0.1) is 0 Å². The van der Waals surface area contributed by atoms with Gasteiger partial charge in [-0.2, -0.15) is 0 Å². The average molecular weight is 325 g/mol. The number of para-hydroxylation sites is 2. The molecular formula is C18H19N3O3. The second-order valence-electron chi connectivity index (χ2n) is 5.93. The van der Waals surface area contributed by atoms with E-state index in [1.54, 1.807) is 6.07 Å². The zero-order valence-electron chi connectivity index (χ0n) is 13.1. The molecule has 1 amide bonds. The molecule has 4 rings (SSSR count). The first kappa shape index (κ1) is 15.0. The molecule has 0 spiro atoms. The van der Waals surface area contributed by atoms with Crippen LogP contribution in [0.5, 0.6) is 11.5 Å². The standard InChI is InChI=1S/C18H19N3O3/c22-18(17-11-23-15-3-1-2-4-16(15)24-17)21-14-7-5-12(6-8-14)13-9-19-20-10-13/h1-8,13,17,19-20H,9-11H2,(H,21,22). The quantitative estimate of drug-likeness (QED) is 0.800. The van der Waals surface area contributed by atoms with E-state index in [1.165, 1.54) is 5.56 Å². The molecule has 0 radical (unpaired) electrons. The molecule has 6 heteroatoms. The van der Waals surface area contributed by atoms with Gasteiger partial charge in [0.25, 0.3) is 5.91 Å². The summed E-state index contributed by atoms with van der Waals surface area (Å²) < 4.78 is 11.3. The Hall–Kier alpha value is -2.57. The topological polar surface area (TPSA) is 71.6 Å². The highest BCUT2D eigenvalue weighted by molar-refractivity contribution is 5.94. The Bertz CT molecular complexity index is 727. The van der Waals surface area contributed by atoms with Crippen molar-refractivity contribution in [3.8, 4) is 11.5 Å². The number of ether oxygens (including phenoxy) is 2. The highest BCUT2D eigenvalue weighted by Gasteiger charge is 2.27. The maximum atomic E-state index is 12.4. The van der Waals surface area contributed by atoms with Crippen LogP contribution >= 0.6 is 0 Å². The Morgan fingerprint density at radius 1 is 1.00 bits per heavy atom. The van der Waals surface area contributed by atoms with Crippen LogP contribution in [-0.2, 0) is 4.79 Å². The zero-order valence-corrected chi connectivity index (χ0v) is 13.1. The van der Waals surface area contributed by atoms with Gasteiger partial charge in [-0.1, -0.05) is 24.3 Å². The minimum Gasteiger partial charge on any atom is -0.485 e. The molecule has 3 N–H and O–H groups in total. The number of fused-ring (bicyclic) bond motifs is 1. The lowest BCUT2D eigenvalue weighted by molar-refractivity contribution is -0.125. The first-order valence-electron chi connectivity index (χ1n) is 8.04. The van der Waals surface area contributed by atoms with E-state index >= 15 is 0 Å². The van der Waals surface area contributed by atoms with Gasteiger partial charge in [-0.25, -0.2) is 0 Å². The molecule has 1 unspecified atom stereocenters. The van der Waals surface area contributed by atoms with Gasteiger partial charge in [0.1, 0.15) is 6.61 Å². The second kappa shape index (κ2) is 6.51. The molecule has 0 saturated carbocycles. The van der Waals surface area contributed by atoms with Crippen LogP contribution in [0.1, 0.15) is 11.5 Å². The monoisotopic (exact) mass is 325 g/mol. The van der Waals surface area contributed by atoms with Crippen LogP contribution in [0.2, 0.25) is 0 Å². The number of hydrogen-bond donors (Lipinski definition) is 3. The van der Waals surface area contributed by atoms with Crippen LogP contribution in [-0.4, -0.2) is 31.7 Å². The van der Waals surface area contributed by atoms with Gasteiger partial charge in [-0.05, 0) is 29.8 Å². The number of rotatable bonds is 3. The van der Waals surface area contributed by atoms with Crippen LogP contribution in [0.25, 0.3) is 0 Å². The second-order valence-corrected chi connectivity index (χ2v) is 5.93. The molecule has 0 aliphatic carbocycles. The molecule has 124 valence electrons. The third kappa shape index (κ3) is 3.06. The van der Waals surface area contributed by atoms with Crippen LogP contribution in [0.15, 0.2) is 48.5 Å². The van der Waals surface area contributed by atoms with Crippen molar-refractivity contribution in [1.82, 2.24) is 10.9 Å². The maximum Gasteiger partial charge on any atom is 0.269 e. The van der Waals surface area contributed by atoms with E-state index < -0.39 is 6.10 Å². The van der Waals surface area contributed by atoms with E-state index in [4.69, 9.17) is 9.47 Å². The molecule has 1 saturated heterocycles. The Kier molecular flexibility index (Phi) is 4.06. The van der Waals surface area contributed by atoms with Crippen molar-refractivity contribution in [3.05, 3.63) is 54.1 Å². The summed E-state index contributed by atoms with van der Waals surface area (Å²) in [5.41, 5.74) is 8.24. The lowest BCUT2D eigenvalue weighted by Gasteiger charge is -2.25. The molecule has 2 aromatic rings. The molecule has 24 heavy (non-hydrogen) atoms. The number of anilines is 1. The van der Waals surface area contributed by atoms with Gasteiger partial charge in [0.15, 0.2) is 11.5 Å². The molecule has 2 aromatic carbocycles. The number of nitrogens with one attached hydrogen (secondary N) is 3. The highest BCUT2D eigenvalue weighted by atomic mass is 16.6. The fourth-order valence-electron chi connectivity index (χ4n) is 2.91. The number of benzene rings is 2. The predicted octanol–water partition coefficient (Wildman–Crippen LogP) is 1.66. The molecule has 2 heterocycles. The van der Waals surface area contributed by atoms with Gasteiger partial charge in [0.05, 0.1) is 0 Å². The predicted molar refractivity (Wildman–Crippen MR) is 90.2 cm³/mol. The third-order valence-corrected chi connectivity index (χ3v) is 4.27. The van der Waals surface area contributed by atoms with E-state index in [-0.39, 0.29) is 12.5 Å². The van der Waals surface area contributed by atoms with E-state index in [2.05, 4.69) is 16.2 Å². The third-order valence-electron chi connectivity index (χ3n) is 4.27. The highest BCUT2D eigenvalue weighted by Crippen LogP contribution is 2.31. The zero-order chi connectivity index (χ0) is 16.4. The molecule has 1 atom stereocenters. The Morgan fingerprint density at radius 2 is 1.71 bits per heavy atom. The normalized spacial score (nSPS) is 19.9. The minimum atomic E-state index is -0.650. The van der Waals surface area contributed by atoms with Crippen molar-refractivity contribution in [2.24, 2.45) is 0 Å². The summed E-state index contributed by atoms with van der Waals surface area (Å²) in [4.78, 5) is 12.4. The number of carbonyl (C=O) groups is 1. The summed E-state index contributed by atoms with van der Waals surface area (Å²) in [5.74, 6) is 1.52. The van der Waals surface area contributed by atoms with Crippen LogP contribution in [0.3, 0.4) is 0 Å². The Morgan fingerprint density at radius 3 is 2.46 bits per heavy atom. The van der Waals surface area contributed by atoms with Crippen molar-refractivity contribution in [3.63, 3.8) is 0 Å². The van der Waals surface area contributed by atoms with Crippen molar-refractivity contribution in [2.75, 3.05) is 25.0 Å². The van der Waals surface area contributed by atoms with Crippen LogP contribution < -0.4 is 25.6 Å². The number of amides is 1. The van der Waals surface area contributed by atoms with Gasteiger partial charge in [-0.15, -0.1) is 0 Å². The summed E-state index contributed by atoms with van der Waals surface area (Å²) in [6.07, 6.45) is -0.650. The van der Waals surface area contributed by atoms with Gasteiger partial charge < -0.3 is 14.8 Å². The molecule has 1 fully saturated rings. The fourth-order valence-corrected chi connectivity index (χ4v) is 2.91. The molecular weight excluding hydrogens is 306 g/mol. The van der Waals surface area contributed by atoms with E-state index in [0.29, 0.717) is 17.4 Å². The van der Waals surface area contributed by atoms with Gasteiger partial charge >= 0.3 is 0 Å². The van der Waals surface area contributed by atoms with E-state index in [1.807, 2.05) is 42.5 Å². The van der Waals surface area contributed by atoms with Gasteiger partial charge in [0, 0.05) is 24.7 Å². The molecule has 2 aliphatic rings. The van der Waals surface area contributed by atoms with E-state index in [9.17, 15) is 4.79 Å². The SMILES string of the molecule is O=C(Nc1ccc(C2CNNC2)cc1)C1COc2ccccc2O1. The van der Waals surface area contributed by atoms with Crippen LogP contribution in [0.4, 0.5) is 5.69 Å². The summed E-state index contributed by atoms with van der Waals surface area (Å²) in [5, 5.41) is 2.89. The fraction of sp³-hybridized carbons (Fsp3) is 0.278. The lowest BCUT2D eigenvalue weighted by atomic mass is 10.0. The molecule has 0 bridgehead atoms. The Labute approximate surface area is 140 Å². The number of hydrogen-bond acceptors (Lipinski definition) is 5. The first-order chi connectivity index (χ1) is 11.8. The minimum absolute atomic E-state index is 0.207. The average Bonchev–Trinajstić information content (AvgIpc) is 3.16. The smallest absolute Gasteiger partial charge is 0.269 e. The Balaban J connectivity index is 1.39. The first-order valence-corrected chi connectivity index (χ1v) is 8.04. The molecule has 0 aromatic heterocycles. The summed E-state index contributed by atoms with van der Waals surface area (Å²) in [7, 11) is 0. The summed E-state index contributed by atoms with van der Waals surface area (Å²) in [6, 6.07) is 15.3. The van der Waals surface area contributed by atoms with E-state index in [0.717, 1.165) is 18.8 Å². The largest absolute Gasteiger partial charge is 0.485 e. The van der Waals surface area contributed by atoms with Crippen molar-refractivity contribution >= 4 is 11.6 Å². The lowest BCUT2D eigenvalue weighted by Crippen LogP contribution is -2.40. The molecule has 2 aliphatic heterocycles. The van der Waals surface area contributed by atoms with Crippen molar-refractivity contribution in [2.45, 2.75) is 12.0 Å².